The minimum Gasteiger partial charge on any atom is -0.393 e. The lowest BCUT2D eigenvalue weighted by Gasteiger charge is -2.23. The molecule has 74 valence electrons. The molecule has 2 N–H and O–H groups in total. The molecule has 0 saturated carbocycles. The summed E-state index contributed by atoms with van der Waals surface area (Å²) in [7, 11) is 0. The van der Waals surface area contributed by atoms with Gasteiger partial charge in [0.2, 0.25) is 0 Å². The van der Waals surface area contributed by atoms with Crippen LogP contribution in [0.25, 0.3) is 0 Å². The van der Waals surface area contributed by atoms with E-state index in [4.69, 9.17) is 0 Å². The van der Waals surface area contributed by atoms with Crippen molar-refractivity contribution in [1.29, 1.82) is 0 Å². The lowest BCUT2D eigenvalue weighted by Crippen LogP contribution is -2.26. The highest BCUT2D eigenvalue weighted by Gasteiger charge is 2.19. The van der Waals surface area contributed by atoms with Crippen LogP contribution in [0.4, 0.5) is 0 Å². The summed E-state index contributed by atoms with van der Waals surface area (Å²) in [4.78, 5) is 0. The maximum absolute atomic E-state index is 9.63. The average Bonchev–Trinajstić information content (AvgIpc) is 2.02. The summed E-state index contributed by atoms with van der Waals surface area (Å²) < 4.78 is 0. The molecule has 0 aromatic carbocycles. The zero-order valence-electron chi connectivity index (χ0n) is 8.62. The Balaban J connectivity index is 3.78. The maximum Gasteiger partial charge on any atom is 0.0592 e. The monoisotopic (exact) mass is 174 g/mol. The molecule has 0 aliphatic rings. The van der Waals surface area contributed by atoms with Gasteiger partial charge in [0.15, 0.2) is 0 Å². The molecule has 0 fully saturated rings. The van der Waals surface area contributed by atoms with Gasteiger partial charge >= 0.3 is 0 Å². The minimum absolute atomic E-state index is 0.270. The number of hydrogen-bond acceptors (Lipinski definition) is 2. The van der Waals surface area contributed by atoms with E-state index >= 15 is 0 Å². The van der Waals surface area contributed by atoms with Crippen LogP contribution in [-0.4, -0.2) is 22.4 Å². The summed E-state index contributed by atoms with van der Waals surface area (Å²) >= 11 is 0. The van der Waals surface area contributed by atoms with Gasteiger partial charge in [0, 0.05) is 0 Å². The first-order valence-corrected chi connectivity index (χ1v) is 4.85. The van der Waals surface area contributed by atoms with Gasteiger partial charge in [0.25, 0.3) is 0 Å². The van der Waals surface area contributed by atoms with Crippen LogP contribution < -0.4 is 0 Å². The molecule has 0 bridgehead atoms. The first-order valence-electron chi connectivity index (χ1n) is 4.85. The van der Waals surface area contributed by atoms with Gasteiger partial charge < -0.3 is 10.2 Å². The Kier molecular flexibility index (Phi) is 5.51. The molecule has 0 radical (unpaired) electrons. The van der Waals surface area contributed by atoms with Gasteiger partial charge in [-0.2, -0.15) is 0 Å². The van der Waals surface area contributed by atoms with E-state index in [-0.39, 0.29) is 18.1 Å². The topological polar surface area (TPSA) is 40.5 Å². The lowest BCUT2D eigenvalue weighted by atomic mass is 9.89. The van der Waals surface area contributed by atoms with Gasteiger partial charge in [-0.15, -0.1) is 0 Å². The maximum atomic E-state index is 9.63. The van der Waals surface area contributed by atoms with Gasteiger partial charge in [-0.1, -0.05) is 27.7 Å². The molecule has 2 nitrogen and oxygen atoms in total. The summed E-state index contributed by atoms with van der Waals surface area (Å²) in [5.74, 6) is 0.746. The molecular formula is C10H22O2. The molecule has 0 saturated heterocycles. The first kappa shape index (κ1) is 11.9. The molecule has 0 heterocycles. The molecule has 0 aliphatic heterocycles. The Bertz CT molecular complexity index is 112. The number of aliphatic hydroxyl groups is 2. The first-order chi connectivity index (χ1) is 5.49. The minimum atomic E-state index is -0.361. The summed E-state index contributed by atoms with van der Waals surface area (Å²) in [6, 6.07) is 0. The van der Waals surface area contributed by atoms with Crippen molar-refractivity contribution in [3.8, 4) is 0 Å². The lowest BCUT2D eigenvalue weighted by molar-refractivity contribution is 0.0335. The van der Waals surface area contributed by atoms with E-state index in [1.807, 2.05) is 13.8 Å². The summed E-state index contributed by atoms with van der Waals surface area (Å²) in [5, 5.41) is 18.9. The summed E-state index contributed by atoms with van der Waals surface area (Å²) in [5.41, 5.74) is 0. The molecule has 0 aliphatic carbocycles. The van der Waals surface area contributed by atoms with Gasteiger partial charge in [-0.3, -0.25) is 0 Å². The fourth-order valence-electron chi connectivity index (χ4n) is 1.10. The average molecular weight is 174 g/mol. The molecule has 2 heteroatoms. The van der Waals surface area contributed by atoms with Crippen molar-refractivity contribution < 1.29 is 10.2 Å². The number of aliphatic hydroxyl groups excluding tert-OH is 2. The fourth-order valence-corrected chi connectivity index (χ4v) is 1.10. The van der Waals surface area contributed by atoms with Crippen LogP contribution in [0.3, 0.4) is 0 Å². The van der Waals surface area contributed by atoms with Crippen LogP contribution >= 0.6 is 0 Å². The van der Waals surface area contributed by atoms with Crippen LogP contribution in [0.15, 0.2) is 0 Å². The second kappa shape index (κ2) is 5.55. The third-order valence-corrected chi connectivity index (χ3v) is 2.64. The van der Waals surface area contributed by atoms with Crippen LogP contribution in [0.1, 0.15) is 40.5 Å². The standard InChI is InChI=1S/C10H22O2/c1-5-9(11)6-10(12)8(4)7(2)3/h7-12H,5-6H2,1-4H3. The highest BCUT2D eigenvalue weighted by Crippen LogP contribution is 2.18. The van der Waals surface area contributed by atoms with Crippen LogP contribution in [0.2, 0.25) is 0 Å². The predicted molar refractivity (Wildman–Crippen MR) is 50.9 cm³/mol. The smallest absolute Gasteiger partial charge is 0.0592 e. The Morgan fingerprint density at radius 3 is 1.92 bits per heavy atom. The Morgan fingerprint density at radius 2 is 1.58 bits per heavy atom. The Labute approximate surface area is 75.6 Å². The normalized spacial score (nSPS) is 19.2. The number of rotatable bonds is 5. The number of hydrogen-bond donors (Lipinski definition) is 2. The quantitative estimate of drug-likeness (QED) is 0.667. The highest BCUT2D eigenvalue weighted by atomic mass is 16.3. The molecule has 12 heavy (non-hydrogen) atoms. The van der Waals surface area contributed by atoms with Crippen molar-refractivity contribution in [2.45, 2.75) is 52.7 Å². The van der Waals surface area contributed by atoms with Crippen LogP contribution in [0.5, 0.6) is 0 Å². The molecule has 0 rings (SSSR count). The van der Waals surface area contributed by atoms with Crippen molar-refractivity contribution in [2.24, 2.45) is 11.8 Å². The van der Waals surface area contributed by atoms with Crippen LogP contribution in [-0.2, 0) is 0 Å². The van der Waals surface area contributed by atoms with Crippen molar-refractivity contribution in [3.63, 3.8) is 0 Å². The third-order valence-electron chi connectivity index (χ3n) is 2.64. The Hall–Kier alpha value is -0.0800. The zero-order chi connectivity index (χ0) is 9.72. The van der Waals surface area contributed by atoms with E-state index in [2.05, 4.69) is 13.8 Å². The molecule has 0 amide bonds. The van der Waals surface area contributed by atoms with Crippen molar-refractivity contribution in [3.05, 3.63) is 0 Å². The molecule has 0 spiro atoms. The third kappa shape index (κ3) is 4.07. The van der Waals surface area contributed by atoms with E-state index in [0.29, 0.717) is 12.3 Å². The van der Waals surface area contributed by atoms with Gasteiger partial charge in [0.05, 0.1) is 12.2 Å². The van der Waals surface area contributed by atoms with Gasteiger partial charge in [0.1, 0.15) is 0 Å². The summed E-state index contributed by atoms with van der Waals surface area (Å²) in [6.45, 7) is 8.13. The Morgan fingerprint density at radius 1 is 1.08 bits per heavy atom. The predicted octanol–water partition coefficient (Wildman–Crippen LogP) is 1.80. The van der Waals surface area contributed by atoms with E-state index in [1.54, 1.807) is 0 Å². The second-order valence-corrected chi connectivity index (χ2v) is 3.97. The van der Waals surface area contributed by atoms with Gasteiger partial charge in [-0.25, -0.2) is 0 Å². The van der Waals surface area contributed by atoms with Crippen LogP contribution in [0, 0.1) is 11.8 Å². The van der Waals surface area contributed by atoms with Crippen molar-refractivity contribution >= 4 is 0 Å². The van der Waals surface area contributed by atoms with E-state index in [0.717, 1.165) is 6.42 Å². The van der Waals surface area contributed by atoms with Crippen molar-refractivity contribution in [1.82, 2.24) is 0 Å². The molecule has 0 aromatic rings. The molecule has 3 unspecified atom stereocenters. The van der Waals surface area contributed by atoms with E-state index < -0.39 is 0 Å². The molecule has 3 atom stereocenters. The SMILES string of the molecule is CCC(O)CC(O)C(C)C(C)C. The second-order valence-electron chi connectivity index (χ2n) is 3.97. The largest absolute Gasteiger partial charge is 0.393 e. The highest BCUT2D eigenvalue weighted by molar-refractivity contribution is 4.70. The summed E-state index contributed by atoms with van der Waals surface area (Å²) in [6.07, 6.45) is 0.527. The fraction of sp³-hybridized carbons (Fsp3) is 1.00. The van der Waals surface area contributed by atoms with E-state index in [9.17, 15) is 10.2 Å². The van der Waals surface area contributed by atoms with Gasteiger partial charge in [-0.05, 0) is 24.7 Å². The van der Waals surface area contributed by atoms with E-state index in [1.165, 1.54) is 0 Å². The molecular weight excluding hydrogens is 152 g/mol. The zero-order valence-corrected chi connectivity index (χ0v) is 8.62. The van der Waals surface area contributed by atoms with Crippen molar-refractivity contribution in [2.75, 3.05) is 0 Å². The molecule has 0 aromatic heterocycles.